The monoisotopic (exact) mass is 229 g/mol. The van der Waals surface area contributed by atoms with Crippen LogP contribution < -0.4 is 5.32 Å². The molecule has 0 aromatic heterocycles. The van der Waals surface area contributed by atoms with Crippen LogP contribution in [0.4, 0.5) is 0 Å². The number of thioether (sulfide) groups is 1. The maximum absolute atomic E-state index is 3.41. The van der Waals surface area contributed by atoms with Gasteiger partial charge < -0.3 is 5.32 Å². The van der Waals surface area contributed by atoms with Crippen molar-refractivity contribution in [1.82, 2.24) is 5.32 Å². The number of benzene rings is 1. The summed E-state index contributed by atoms with van der Waals surface area (Å²) in [6, 6.07) is 8.76. The average molecular weight is 230 g/mol. The SMILES string of the molecule is CSc1ccccc1C1CCNC1.Cl. The number of halogens is 1. The van der Waals surface area contributed by atoms with E-state index in [0.29, 0.717) is 0 Å². The van der Waals surface area contributed by atoms with Gasteiger partial charge in [-0.15, -0.1) is 24.2 Å². The quantitative estimate of drug-likeness (QED) is 0.783. The highest BCUT2D eigenvalue weighted by Crippen LogP contribution is 2.30. The lowest BCUT2D eigenvalue weighted by Crippen LogP contribution is -2.08. The van der Waals surface area contributed by atoms with Gasteiger partial charge in [0.1, 0.15) is 0 Å². The highest BCUT2D eigenvalue weighted by Gasteiger charge is 2.18. The van der Waals surface area contributed by atoms with Crippen molar-refractivity contribution in [1.29, 1.82) is 0 Å². The predicted octanol–water partition coefficient (Wildman–Crippen LogP) is 2.91. The molecule has 1 nitrogen and oxygen atoms in total. The van der Waals surface area contributed by atoms with E-state index in [2.05, 4.69) is 35.8 Å². The summed E-state index contributed by atoms with van der Waals surface area (Å²) in [5, 5.41) is 3.41. The summed E-state index contributed by atoms with van der Waals surface area (Å²) in [7, 11) is 0. The molecule has 0 spiro atoms. The Bertz CT molecular complexity index is 284. The van der Waals surface area contributed by atoms with Crippen molar-refractivity contribution < 1.29 is 0 Å². The molecule has 1 aliphatic rings. The second-order valence-corrected chi connectivity index (χ2v) is 4.28. The van der Waals surface area contributed by atoms with E-state index in [-0.39, 0.29) is 12.4 Å². The molecule has 1 unspecified atom stereocenters. The summed E-state index contributed by atoms with van der Waals surface area (Å²) >= 11 is 1.85. The molecule has 1 aromatic carbocycles. The molecule has 1 heterocycles. The van der Waals surface area contributed by atoms with Crippen molar-refractivity contribution in [2.45, 2.75) is 17.2 Å². The van der Waals surface area contributed by atoms with Crippen LogP contribution in [0.3, 0.4) is 0 Å². The Morgan fingerprint density at radius 3 is 2.79 bits per heavy atom. The van der Waals surface area contributed by atoms with E-state index in [9.17, 15) is 0 Å². The molecule has 1 saturated heterocycles. The Kier molecular flexibility index (Phi) is 4.79. The summed E-state index contributed by atoms with van der Waals surface area (Å²) in [6.07, 6.45) is 3.44. The lowest BCUT2D eigenvalue weighted by Gasteiger charge is -2.12. The highest BCUT2D eigenvalue weighted by atomic mass is 35.5. The number of hydrogen-bond acceptors (Lipinski definition) is 2. The fourth-order valence-electron chi connectivity index (χ4n) is 1.92. The van der Waals surface area contributed by atoms with E-state index in [1.807, 2.05) is 11.8 Å². The summed E-state index contributed by atoms with van der Waals surface area (Å²) in [5.41, 5.74) is 1.53. The minimum Gasteiger partial charge on any atom is -0.316 e. The van der Waals surface area contributed by atoms with Gasteiger partial charge >= 0.3 is 0 Å². The molecule has 3 heteroatoms. The van der Waals surface area contributed by atoms with E-state index in [0.717, 1.165) is 12.5 Å². The predicted molar refractivity (Wildman–Crippen MR) is 65.7 cm³/mol. The van der Waals surface area contributed by atoms with Gasteiger partial charge in [-0.3, -0.25) is 0 Å². The van der Waals surface area contributed by atoms with Crippen LogP contribution >= 0.6 is 24.2 Å². The van der Waals surface area contributed by atoms with Crippen molar-refractivity contribution in [3.05, 3.63) is 29.8 Å². The Morgan fingerprint density at radius 2 is 2.14 bits per heavy atom. The average Bonchev–Trinajstić information content (AvgIpc) is 2.70. The van der Waals surface area contributed by atoms with Crippen LogP contribution in [0.2, 0.25) is 0 Å². The molecule has 1 aliphatic heterocycles. The molecule has 0 radical (unpaired) electrons. The molecule has 2 rings (SSSR count). The maximum Gasteiger partial charge on any atom is 0.0104 e. The Hall–Kier alpha value is -0.180. The van der Waals surface area contributed by atoms with E-state index >= 15 is 0 Å². The van der Waals surface area contributed by atoms with Crippen molar-refractivity contribution >= 4 is 24.2 Å². The van der Waals surface area contributed by atoms with E-state index in [4.69, 9.17) is 0 Å². The molecule has 0 bridgehead atoms. The van der Waals surface area contributed by atoms with Gasteiger partial charge in [0, 0.05) is 11.4 Å². The Labute approximate surface area is 96.1 Å². The zero-order chi connectivity index (χ0) is 9.10. The van der Waals surface area contributed by atoms with Crippen molar-refractivity contribution in [2.75, 3.05) is 19.3 Å². The van der Waals surface area contributed by atoms with E-state index < -0.39 is 0 Å². The second-order valence-electron chi connectivity index (χ2n) is 3.43. The van der Waals surface area contributed by atoms with Gasteiger partial charge in [-0.05, 0) is 36.8 Å². The molecule has 1 atom stereocenters. The normalized spacial score (nSPS) is 20.5. The summed E-state index contributed by atoms with van der Waals surface area (Å²) in [5.74, 6) is 0.739. The molecule has 0 aliphatic carbocycles. The molecular weight excluding hydrogens is 214 g/mol. The number of rotatable bonds is 2. The summed E-state index contributed by atoms with van der Waals surface area (Å²) in [6.45, 7) is 2.32. The van der Waals surface area contributed by atoms with Crippen LogP contribution in [0.5, 0.6) is 0 Å². The van der Waals surface area contributed by atoms with Crippen molar-refractivity contribution in [3.8, 4) is 0 Å². The molecule has 0 amide bonds. The largest absolute Gasteiger partial charge is 0.316 e. The molecule has 1 fully saturated rings. The third kappa shape index (κ3) is 2.44. The second kappa shape index (κ2) is 5.64. The zero-order valence-corrected chi connectivity index (χ0v) is 9.96. The third-order valence-corrected chi connectivity index (χ3v) is 3.45. The molecular formula is C11H16ClNS. The smallest absolute Gasteiger partial charge is 0.0104 e. The molecule has 78 valence electrons. The van der Waals surface area contributed by atoms with Gasteiger partial charge in [0.15, 0.2) is 0 Å². The lowest BCUT2D eigenvalue weighted by molar-refractivity contribution is 0.748. The first-order valence-corrected chi connectivity index (χ1v) is 5.98. The first kappa shape index (κ1) is 11.9. The van der Waals surface area contributed by atoms with Crippen molar-refractivity contribution in [3.63, 3.8) is 0 Å². The number of nitrogens with one attached hydrogen (secondary N) is 1. The molecule has 14 heavy (non-hydrogen) atoms. The van der Waals surface area contributed by atoms with Gasteiger partial charge in [0.05, 0.1) is 0 Å². The first-order valence-electron chi connectivity index (χ1n) is 4.75. The van der Waals surface area contributed by atoms with Crippen LogP contribution in [0, 0.1) is 0 Å². The fourth-order valence-corrected chi connectivity index (χ4v) is 2.61. The first-order chi connectivity index (χ1) is 6.42. The summed E-state index contributed by atoms with van der Waals surface area (Å²) < 4.78 is 0. The van der Waals surface area contributed by atoms with E-state index in [1.165, 1.54) is 23.4 Å². The molecule has 1 N–H and O–H groups in total. The fraction of sp³-hybridized carbons (Fsp3) is 0.455. The van der Waals surface area contributed by atoms with E-state index in [1.54, 1.807) is 0 Å². The van der Waals surface area contributed by atoms with Gasteiger partial charge in [-0.1, -0.05) is 18.2 Å². The topological polar surface area (TPSA) is 12.0 Å². The molecule has 0 saturated carbocycles. The van der Waals surface area contributed by atoms with Crippen LogP contribution in [0.1, 0.15) is 17.9 Å². The maximum atomic E-state index is 3.41. The zero-order valence-electron chi connectivity index (χ0n) is 8.32. The third-order valence-electron chi connectivity index (χ3n) is 2.64. The Morgan fingerprint density at radius 1 is 1.36 bits per heavy atom. The van der Waals surface area contributed by atoms with Gasteiger partial charge in [-0.25, -0.2) is 0 Å². The number of hydrogen-bond donors (Lipinski definition) is 1. The van der Waals surface area contributed by atoms with Crippen LogP contribution in [0.15, 0.2) is 29.2 Å². The van der Waals surface area contributed by atoms with Crippen LogP contribution in [0.25, 0.3) is 0 Å². The summed E-state index contributed by atoms with van der Waals surface area (Å²) in [4.78, 5) is 1.44. The minimum atomic E-state index is 0. The highest BCUT2D eigenvalue weighted by molar-refractivity contribution is 7.98. The van der Waals surface area contributed by atoms with Gasteiger partial charge in [0.25, 0.3) is 0 Å². The minimum absolute atomic E-state index is 0. The van der Waals surface area contributed by atoms with Gasteiger partial charge in [0.2, 0.25) is 0 Å². The van der Waals surface area contributed by atoms with Gasteiger partial charge in [-0.2, -0.15) is 0 Å². The Balaban J connectivity index is 0.000000980. The standard InChI is InChI=1S/C11H15NS.ClH/c1-13-11-5-3-2-4-10(11)9-6-7-12-8-9;/h2-5,9,12H,6-8H2,1H3;1H. The molecule has 1 aromatic rings. The van der Waals surface area contributed by atoms with Crippen molar-refractivity contribution in [2.24, 2.45) is 0 Å². The lowest BCUT2D eigenvalue weighted by atomic mass is 9.99. The van der Waals surface area contributed by atoms with Crippen LogP contribution in [-0.2, 0) is 0 Å². The van der Waals surface area contributed by atoms with Crippen LogP contribution in [-0.4, -0.2) is 19.3 Å².